The SMILES string of the molecule is CCCCCCCCOc1ccc(OC2CCCCO2)c(-n2c3cc(-c4ccc(C)cc4)ccc3c3ccc(-c4ccc(C)cc4)cc32)c1. The van der Waals surface area contributed by atoms with Gasteiger partial charge >= 0.3 is 0 Å². The Morgan fingerprint density at radius 2 is 1.22 bits per heavy atom. The maximum absolute atomic E-state index is 6.70. The molecule has 1 unspecified atom stereocenters. The summed E-state index contributed by atoms with van der Waals surface area (Å²) in [6.07, 6.45) is 10.2. The first-order valence-electron chi connectivity index (χ1n) is 18.4. The van der Waals surface area contributed by atoms with E-state index in [4.69, 9.17) is 14.2 Å². The van der Waals surface area contributed by atoms with Crippen LogP contribution in [0.4, 0.5) is 0 Å². The Morgan fingerprint density at radius 1 is 0.633 bits per heavy atom. The number of ether oxygens (including phenoxy) is 3. The van der Waals surface area contributed by atoms with Gasteiger partial charge in [-0.3, -0.25) is 0 Å². The van der Waals surface area contributed by atoms with Crippen molar-refractivity contribution in [2.75, 3.05) is 13.2 Å². The third-order valence-electron chi connectivity index (χ3n) is 9.87. The van der Waals surface area contributed by atoms with Gasteiger partial charge in [-0.25, -0.2) is 0 Å². The van der Waals surface area contributed by atoms with Gasteiger partial charge in [0, 0.05) is 23.3 Å². The van der Waals surface area contributed by atoms with E-state index in [-0.39, 0.29) is 6.29 Å². The summed E-state index contributed by atoms with van der Waals surface area (Å²) in [7, 11) is 0. The van der Waals surface area contributed by atoms with Crippen molar-refractivity contribution in [1.82, 2.24) is 4.57 Å². The number of unbranched alkanes of at least 4 members (excludes halogenated alkanes) is 5. The molecule has 0 saturated carbocycles. The minimum absolute atomic E-state index is 0.262. The first kappa shape index (κ1) is 33.0. The molecule has 252 valence electrons. The highest BCUT2D eigenvalue weighted by Crippen LogP contribution is 2.41. The highest BCUT2D eigenvalue weighted by Gasteiger charge is 2.22. The van der Waals surface area contributed by atoms with Gasteiger partial charge in [0.15, 0.2) is 6.29 Å². The van der Waals surface area contributed by atoms with E-state index >= 15 is 0 Å². The highest BCUT2D eigenvalue weighted by atomic mass is 16.7. The van der Waals surface area contributed by atoms with Crippen LogP contribution in [-0.4, -0.2) is 24.1 Å². The van der Waals surface area contributed by atoms with Crippen molar-refractivity contribution in [3.05, 3.63) is 114 Å². The number of nitrogens with zero attached hydrogens (tertiary/aromatic N) is 1. The quantitative estimate of drug-likeness (QED) is 0.117. The van der Waals surface area contributed by atoms with Crippen molar-refractivity contribution in [3.63, 3.8) is 0 Å². The maximum Gasteiger partial charge on any atom is 0.199 e. The van der Waals surface area contributed by atoms with Crippen LogP contribution in [0.25, 0.3) is 49.7 Å². The molecule has 1 atom stereocenters. The van der Waals surface area contributed by atoms with E-state index in [9.17, 15) is 0 Å². The third kappa shape index (κ3) is 7.55. The summed E-state index contributed by atoms with van der Waals surface area (Å²) in [6.45, 7) is 7.97. The summed E-state index contributed by atoms with van der Waals surface area (Å²) in [5, 5.41) is 2.42. The summed E-state index contributed by atoms with van der Waals surface area (Å²) in [4.78, 5) is 0. The Kier molecular flexibility index (Phi) is 10.3. The zero-order chi connectivity index (χ0) is 33.6. The molecule has 2 heterocycles. The number of hydrogen-bond donors (Lipinski definition) is 0. The van der Waals surface area contributed by atoms with E-state index in [1.165, 1.54) is 76.3 Å². The van der Waals surface area contributed by atoms with Crippen LogP contribution >= 0.6 is 0 Å². The molecule has 1 aliphatic rings. The second-order valence-corrected chi connectivity index (χ2v) is 13.7. The van der Waals surface area contributed by atoms with Crippen LogP contribution in [0.15, 0.2) is 103 Å². The molecule has 7 rings (SSSR count). The Bertz CT molecular complexity index is 1900. The van der Waals surface area contributed by atoms with Gasteiger partial charge in [-0.2, -0.15) is 0 Å². The van der Waals surface area contributed by atoms with Crippen LogP contribution in [0.5, 0.6) is 11.5 Å². The maximum atomic E-state index is 6.70. The van der Waals surface area contributed by atoms with Gasteiger partial charge in [-0.05, 0) is 79.6 Å². The Balaban J connectivity index is 1.37. The van der Waals surface area contributed by atoms with Gasteiger partial charge in [-0.15, -0.1) is 0 Å². The van der Waals surface area contributed by atoms with Crippen molar-refractivity contribution in [2.24, 2.45) is 0 Å². The van der Waals surface area contributed by atoms with Gasteiger partial charge < -0.3 is 18.8 Å². The molecule has 5 aromatic carbocycles. The molecule has 1 aromatic heterocycles. The standard InChI is InChI=1S/C45H49NO3/c1-4-5-6-7-8-10-27-47-38-23-26-44(49-45-12-9-11-28-48-45)43(31-38)46-41-29-36(34-17-13-32(2)14-18-34)21-24-39(41)40-25-22-37(30-42(40)46)35-19-15-33(3)16-20-35/h13-26,29-31,45H,4-12,27-28H2,1-3H3. The monoisotopic (exact) mass is 651 g/mol. The summed E-state index contributed by atoms with van der Waals surface area (Å²) in [6, 6.07) is 37.6. The average Bonchev–Trinajstić information content (AvgIpc) is 3.45. The van der Waals surface area contributed by atoms with Gasteiger partial charge in [0.05, 0.1) is 29.9 Å². The minimum Gasteiger partial charge on any atom is -0.494 e. The summed E-state index contributed by atoms with van der Waals surface area (Å²) in [5.74, 6) is 1.67. The third-order valence-corrected chi connectivity index (χ3v) is 9.87. The smallest absolute Gasteiger partial charge is 0.199 e. The zero-order valence-electron chi connectivity index (χ0n) is 29.3. The molecule has 4 heteroatoms. The van der Waals surface area contributed by atoms with E-state index in [0.29, 0.717) is 6.61 Å². The second-order valence-electron chi connectivity index (χ2n) is 13.7. The van der Waals surface area contributed by atoms with Gasteiger partial charge in [0.25, 0.3) is 0 Å². The number of hydrogen-bond acceptors (Lipinski definition) is 3. The first-order chi connectivity index (χ1) is 24.1. The van der Waals surface area contributed by atoms with Crippen LogP contribution in [-0.2, 0) is 4.74 Å². The molecule has 0 bridgehead atoms. The predicted molar refractivity (Wildman–Crippen MR) is 204 cm³/mol. The summed E-state index contributed by atoms with van der Waals surface area (Å²) < 4.78 is 21.6. The normalized spacial score (nSPS) is 14.8. The highest BCUT2D eigenvalue weighted by molar-refractivity contribution is 6.11. The molecule has 6 aromatic rings. The van der Waals surface area contributed by atoms with Crippen molar-refractivity contribution in [1.29, 1.82) is 0 Å². The molecule has 4 nitrogen and oxygen atoms in total. The zero-order valence-corrected chi connectivity index (χ0v) is 29.3. The molecule has 49 heavy (non-hydrogen) atoms. The molecule has 0 radical (unpaired) electrons. The molecular formula is C45H49NO3. The lowest BCUT2D eigenvalue weighted by Crippen LogP contribution is -2.25. The fourth-order valence-electron chi connectivity index (χ4n) is 7.01. The van der Waals surface area contributed by atoms with E-state index < -0.39 is 0 Å². The van der Waals surface area contributed by atoms with Crippen molar-refractivity contribution < 1.29 is 14.2 Å². The second kappa shape index (κ2) is 15.3. The molecule has 1 saturated heterocycles. The van der Waals surface area contributed by atoms with E-state index in [2.05, 4.69) is 128 Å². The number of rotatable bonds is 13. The van der Waals surface area contributed by atoms with Gasteiger partial charge in [-0.1, -0.05) is 123 Å². The van der Waals surface area contributed by atoms with Crippen molar-refractivity contribution in [3.8, 4) is 39.4 Å². The number of aromatic nitrogens is 1. The largest absolute Gasteiger partial charge is 0.494 e. The molecule has 1 fully saturated rings. The van der Waals surface area contributed by atoms with E-state index in [1.807, 2.05) is 0 Å². The van der Waals surface area contributed by atoms with Crippen molar-refractivity contribution >= 4 is 21.8 Å². The predicted octanol–water partition coefficient (Wildman–Crippen LogP) is 12.4. The lowest BCUT2D eigenvalue weighted by Gasteiger charge is -2.25. The first-order valence-corrected chi connectivity index (χ1v) is 18.4. The van der Waals surface area contributed by atoms with Gasteiger partial charge in [0.1, 0.15) is 11.5 Å². The molecule has 0 aliphatic carbocycles. The molecular weight excluding hydrogens is 602 g/mol. The number of aryl methyl sites for hydroxylation is 2. The van der Waals surface area contributed by atoms with Gasteiger partial charge in [0.2, 0.25) is 0 Å². The summed E-state index contributed by atoms with van der Waals surface area (Å²) >= 11 is 0. The Hall–Kier alpha value is -4.54. The minimum atomic E-state index is -0.262. The van der Waals surface area contributed by atoms with E-state index in [0.717, 1.165) is 60.5 Å². The fourth-order valence-corrected chi connectivity index (χ4v) is 7.01. The Labute approximate surface area is 291 Å². The molecule has 0 spiro atoms. The van der Waals surface area contributed by atoms with Crippen LogP contribution in [0, 0.1) is 13.8 Å². The molecule has 0 amide bonds. The summed E-state index contributed by atoms with van der Waals surface area (Å²) in [5.41, 5.74) is 10.5. The van der Waals surface area contributed by atoms with Crippen LogP contribution in [0.3, 0.4) is 0 Å². The van der Waals surface area contributed by atoms with Crippen molar-refractivity contribution in [2.45, 2.75) is 84.8 Å². The number of benzene rings is 5. The van der Waals surface area contributed by atoms with Crippen LogP contribution < -0.4 is 9.47 Å². The lowest BCUT2D eigenvalue weighted by molar-refractivity contribution is -0.105. The lowest BCUT2D eigenvalue weighted by atomic mass is 10.0. The number of fused-ring (bicyclic) bond motifs is 3. The topological polar surface area (TPSA) is 32.6 Å². The fraction of sp³-hybridized carbons (Fsp3) is 0.333. The van der Waals surface area contributed by atoms with Crippen LogP contribution in [0.1, 0.15) is 75.8 Å². The molecule has 0 N–H and O–H groups in total. The van der Waals surface area contributed by atoms with E-state index in [1.54, 1.807) is 0 Å². The Morgan fingerprint density at radius 3 is 1.82 bits per heavy atom. The van der Waals surface area contributed by atoms with Crippen LogP contribution in [0.2, 0.25) is 0 Å². The average molecular weight is 652 g/mol. The molecule has 1 aliphatic heterocycles.